The standard InChI is InChI=1S/C13H17F3O2/c14-13(15,16)11-5-7-12(8-6-11)18-10-4-2-1-3-9-17/h5-8,17H,1-4,9-10H2. The quantitative estimate of drug-likeness (QED) is 0.760. The molecule has 1 aromatic rings. The van der Waals surface area contributed by atoms with E-state index in [2.05, 4.69) is 0 Å². The summed E-state index contributed by atoms with van der Waals surface area (Å²) in [5.74, 6) is 0.449. The first-order valence-corrected chi connectivity index (χ1v) is 5.95. The third-order valence-corrected chi connectivity index (χ3v) is 2.50. The van der Waals surface area contributed by atoms with Crippen LogP contribution >= 0.6 is 0 Å². The summed E-state index contributed by atoms with van der Waals surface area (Å²) in [6.45, 7) is 0.677. The van der Waals surface area contributed by atoms with Crippen LogP contribution < -0.4 is 4.74 Å². The fourth-order valence-corrected chi connectivity index (χ4v) is 1.50. The molecule has 0 fully saturated rings. The van der Waals surface area contributed by atoms with Crippen LogP contribution in [0.1, 0.15) is 31.2 Å². The number of unbranched alkanes of at least 4 members (excludes halogenated alkanes) is 3. The number of hydrogen-bond acceptors (Lipinski definition) is 2. The Labute approximate surface area is 104 Å². The number of ether oxygens (including phenoxy) is 1. The zero-order valence-corrected chi connectivity index (χ0v) is 10.0. The van der Waals surface area contributed by atoms with E-state index < -0.39 is 11.7 Å². The Morgan fingerprint density at radius 2 is 1.56 bits per heavy atom. The average molecular weight is 262 g/mol. The van der Waals surface area contributed by atoms with Crippen LogP contribution in [0.4, 0.5) is 13.2 Å². The molecule has 0 saturated heterocycles. The number of hydrogen-bond donors (Lipinski definition) is 1. The average Bonchev–Trinajstić information content (AvgIpc) is 2.33. The second kappa shape index (κ2) is 7.26. The van der Waals surface area contributed by atoms with Gasteiger partial charge in [0.25, 0.3) is 0 Å². The van der Waals surface area contributed by atoms with Crippen LogP contribution in [0.25, 0.3) is 0 Å². The van der Waals surface area contributed by atoms with Gasteiger partial charge in [-0.1, -0.05) is 6.42 Å². The third kappa shape index (κ3) is 5.40. The largest absolute Gasteiger partial charge is 0.494 e. The molecule has 0 unspecified atom stereocenters. The molecule has 1 aromatic carbocycles. The molecule has 1 N–H and O–H groups in total. The van der Waals surface area contributed by atoms with E-state index in [9.17, 15) is 13.2 Å². The highest BCUT2D eigenvalue weighted by molar-refractivity contribution is 5.28. The number of halogens is 3. The van der Waals surface area contributed by atoms with E-state index in [1.807, 2.05) is 0 Å². The Kier molecular flexibility index (Phi) is 5.98. The van der Waals surface area contributed by atoms with Crippen molar-refractivity contribution in [1.29, 1.82) is 0 Å². The fourth-order valence-electron chi connectivity index (χ4n) is 1.50. The highest BCUT2D eigenvalue weighted by Gasteiger charge is 2.29. The van der Waals surface area contributed by atoms with E-state index in [1.54, 1.807) is 0 Å². The van der Waals surface area contributed by atoms with Crippen LogP contribution in [0.3, 0.4) is 0 Å². The number of benzene rings is 1. The van der Waals surface area contributed by atoms with Crippen LogP contribution in [0.15, 0.2) is 24.3 Å². The summed E-state index contributed by atoms with van der Waals surface area (Å²) in [6, 6.07) is 4.69. The smallest absolute Gasteiger partial charge is 0.416 e. The van der Waals surface area contributed by atoms with E-state index in [1.165, 1.54) is 12.1 Å². The van der Waals surface area contributed by atoms with E-state index >= 15 is 0 Å². The van der Waals surface area contributed by atoms with Gasteiger partial charge in [-0.3, -0.25) is 0 Å². The molecule has 102 valence electrons. The monoisotopic (exact) mass is 262 g/mol. The molecule has 0 bridgehead atoms. The van der Waals surface area contributed by atoms with Gasteiger partial charge in [0.15, 0.2) is 0 Å². The third-order valence-electron chi connectivity index (χ3n) is 2.50. The molecule has 18 heavy (non-hydrogen) atoms. The SMILES string of the molecule is OCCCCCCOc1ccc(C(F)(F)F)cc1. The maximum Gasteiger partial charge on any atom is 0.416 e. The van der Waals surface area contributed by atoms with Crippen molar-refractivity contribution >= 4 is 0 Å². The van der Waals surface area contributed by atoms with Gasteiger partial charge in [-0.2, -0.15) is 13.2 Å². The lowest BCUT2D eigenvalue weighted by Crippen LogP contribution is -2.04. The van der Waals surface area contributed by atoms with E-state index in [4.69, 9.17) is 9.84 Å². The molecule has 0 spiro atoms. The second-order valence-corrected chi connectivity index (χ2v) is 4.01. The van der Waals surface area contributed by atoms with Gasteiger partial charge in [-0.25, -0.2) is 0 Å². The Hall–Kier alpha value is -1.23. The van der Waals surface area contributed by atoms with Gasteiger partial charge in [0.05, 0.1) is 12.2 Å². The molecule has 0 aliphatic rings. The normalized spacial score (nSPS) is 11.6. The second-order valence-electron chi connectivity index (χ2n) is 4.01. The predicted octanol–water partition coefficient (Wildman–Crippen LogP) is 3.64. The molecular formula is C13H17F3O2. The van der Waals surface area contributed by atoms with Gasteiger partial charge in [0.2, 0.25) is 0 Å². The molecule has 0 saturated carbocycles. The van der Waals surface area contributed by atoms with E-state index in [0.717, 1.165) is 37.8 Å². The summed E-state index contributed by atoms with van der Waals surface area (Å²) in [5, 5.41) is 8.57. The van der Waals surface area contributed by atoms with Crippen molar-refractivity contribution in [3.63, 3.8) is 0 Å². The highest BCUT2D eigenvalue weighted by atomic mass is 19.4. The molecule has 1 rings (SSSR count). The Bertz CT molecular complexity index is 333. The maximum atomic E-state index is 12.3. The van der Waals surface area contributed by atoms with Crippen LogP contribution in [-0.4, -0.2) is 18.3 Å². The number of rotatable bonds is 7. The van der Waals surface area contributed by atoms with Gasteiger partial charge in [0.1, 0.15) is 5.75 Å². The van der Waals surface area contributed by atoms with Gasteiger partial charge < -0.3 is 9.84 Å². The lowest BCUT2D eigenvalue weighted by atomic mass is 10.2. The molecule has 0 aliphatic carbocycles. The summed E-state index contributed by atoms with van der Waals surface area (Å²) < 4.78 is 42.2. The molecular weight excluding hydrogens is 245 g/mol. The highest BCUT2D eigenvalue weighted by Crippen LogP contribution is 2.30. The molecule has 0 aliphatic heterocycles. The van der Waals surface area contributed by atoms with Crippen molar-refractivity contribution in [2.24, 2.45) is 0 Å². The van der Waals surface area contributed by atoms with Crippen molar-refractivity contribution < 1.29 is 23.0 Å². The first-order chi connectivity index (χ1) is 8.54. The van der Waals surface area contributed by atoms with Crippen molar-refractivity contribution in [3.8, 4) is 5.75 Å². The molecule has 5 heteroatoms. The fraction of sp³-hybridized carbons (Fsp3) is 0.538. The van der Waals surface area contributed by atoms with E-state index in [0.29, 0.717) is 12.4 Å². The van der Waals surface area contributed by atoms with Crippen LogP contribution in [0.2, 0.25) is 0 Å². The van der Waals surface area contributed by atoms with Crippen molar-refractivity contribution in [3.05, 3.63) is 29.8 Å². The zero-order valence-electron chi connectivity index (χ0n) is 10.0. The van der Waals surface area contributed by atoms with Gasteiger partial charge in [0, 0.05) is 6.61 Å². The number of aliphatic hydroxyl groups excluding tert-OH is 1. The molecule has 0 heterocycles. The van der Waals surface area contributed by atoms with Gasteiger partial charge in [-0.15, -0.1) is 0 Å². The van der Waals surface area contributed by atoms with Crippen molar-refractivity contribution in [2.75, 3.05) is 13.2 Å². The summed E-state index contributed by atoms with van der Waals surface area (Å²) in [6.07, 6.45) is -0.807. The van der Waals surface area contributed by atoms with Gasteiger partial charge >= 0.3 is 6.18 Å². The Morgan fingerprint density at radius 3 is 2.11 bits per heavy atom. The molecule has 0 radical (unpaired) electrons. The topological polar surface area (TPSA) is 29.5 Å². The summed E-state index contributed by atoms with van der Waals surface area (Å²) >= 11 is 0. The Morgan fingerprint density at radius 1 is 0.944 bits per heavy atom. The maximum absolute atomic E-state index is 12.3. The summed E-state index contributed by atoms with van der Waals surface area (Å²) in [4.78, 5) is 0. The zero-order chi connectivity index (χ0) is 13.4. The molecule has 2 nitrogen and oxygen atoms in total. The van der Waals surface area contributed by atoms with Crippen LogP contribution in [-0.2, 0) is 6.18 Å². The first kappa shape index (κ1) is 14.8. The summed E-state index contributed by atoms with van der Waals surface area (Å²) in [5.41, 5.74) is -0.669. The predicted molar refractivity (Wildman–Crippen MR) is 62.5 cm³/mol. The van der Waals surface area contributed by atoms with E-state index in [-0.39, 0.29) is 6.61 Å². The molecule has 0 aromatic heterocycles. The minimum absolute atomic E-state index is 0.194. The van der Waals surface area contributed by atoms with Crippen LogP contribution in [0.5, 0.6) is 5.75 Å². The summed E-state index contributed by atoms with van der Waals surface area (Å²) in [7, 11) is 0. The minimum atomic E-state index is -4.30. The van der Waals surface area contributed by atoms with Crippen LogP contribution in [0, 0.1) is 0 Å². The minimum Gasteiger partial charge on any atom is -0.494 e. The Balaban J connectivity index is 2.27. The van der Waals surface area contributed by atoms with Gasteiger partial charge in [-0.05, 0) is 43.5 Å². The lowest BCUT2D eigenvalue weighted by Gasteiger charge is -2.09. The first-order valence-electron chi connectivity index (χ1n) is 5.95. The molecule has 0 amide bonds. The lowest BCUT2D eigenvalue weighted by molar-refractivity contribution is -0.137. The van der Waals surface area contributed by atoms with Crippen molar-refractivity contribution in [2.45, 2.75) is 31.9 Å². The number of aliphatic hydroxyl groups is 1. The number of alkyl halides is 3. The van der Waals surface area contributed by atoms with Crippen molar-refractivity contribution in [1.82, 2.24) is 0 Å². The molecule has 0 atom stereocenters.